The summed E-state index contributed by atoms with van der Waals surface area (Å²) < 4.78 is 35.2. The summed E-state index contributed by atoms with van der Waals surface area (Å²) in [5.41, 5.74) is -2.00. The Bertz CT molecular complexity index is 2020. The number of aliphatic hydroxyl groups excluding tert-OH is 2. The van der Waals surface area contributed by atoms with Crippen LogP contribution in [0.2, 0.25) is 0 Å². The first-order chi connectivity index (χ1) is 30.0. The van der Waals surface area contributed by atoms with Crippen LogP contribution in [0.3, 0.4) is 0 Å². The first-order valence-electron chi connectivity index (χ1n) is 22.2. The Morgan fingerprint density at radius 1 is 1.08 bits per heavy atom. The van der Waals surface area contributed by atoms with Gasteiger partial charge >= 0.3 is 5.97 Å². The molecule has 5 fully saturated rings. The third-order valence-corrected chi connectivity index (χ3v) is 15.8. The predicted molar refractivity (Wildman–Crippen MR) is 228 cm³/mol. The van der Waals surface area contributed by atoms with E-state index in [1.165, 1.54) is 23.9 Å². The summed E-state index contributed by atoms with van der Waals surface area (Å²) >= 11 is 1.44. The molecule has 0 spiro atoms. The van der Waals surface area contributed by atoms with E-state index in [-0.39, 0.29) is 84.5 Å². The van der Waals surface area contributed by atoms with Crippen LogP contribution in [0.15, 0.2) is 42.0 Å². The number of carbonyl (C=O) groups excluding carboxylic acids is 5. The van der Waals surface area contributed by atoms with Gasteiger partial charge in [-0.2, -0.15) is 11.8 Å². The number of amides is 3. The predicted octanol–water partition coefficient (Wildman–Crippen LogP) is 3.84. The maximum Gasteiger partial charge on any atom is 0.303 e. The van der Waals surface area contributed by atoms with E-state index in [1.54, 1.807) is 18.2 Å². The summed E-state index contributed by atoms with van der Waals surface area (Å²) in [6.45, 7) is 4.83. The molecule has 3 amide bonds. The largest absolute Gasteiger partial charge is 0.490 e. The molecule has 15 nitrogen and oxygen atoms in total. The van der Waals surface area contributed by atoms with Crippen LogP contribution in [0.1, 0.15) is 103 Å². The molecule has 1 saturated heterocycles. The van der Waals surface area contributed by atoms with Gasteiger partial charge in [0.15, 0.2) is 23.5 Å². The molecule has 6 aliphatic rings. The van der Waals surface area contributed by atoms with Crippen molar-refractivity contribution in [1.82, 2.24) is 16.0 Å². The quantitative estimate of drug-likeness (QED) is 0.122. The molecule has 4 saturated carbocycles. The number of ketones is 2. The molecule has 1 heterocycles. The molecule has 0 unspecified atom stereocenters. The van der Waals surface area contributed by atoms with Crippen LogP contribution >= 0.6 is 11.8 Å². The van der Waals surface area contributed by atoms with E-state index in [0.717, 1.165) is 17.7 Å². The van der Waals surface area contributed by atoms with Crippen molar-refractivity contribution in [2.45, 2.75) is 134 Å². The monoisotopic (exact) mass is 897 g/mol. The van der Waals surface area contributed by atoms with Gasteiger partial charge in [0.05, 0.1) is 30.6 Å². The average molecular weight is 898 g/mol. The number of Topliss-reactive ketones (excluding diaryl/α,β-unsaturated/α-hetero) is 1. The Morgan fingerprint density at radius 3 is 2.54 bits per heavy atom. The van der Waals surface area contributed by atoms with Gasteiger partial charge in [-0.25, -0.2) is 4.39 Å². The SMILES string of the molecule is CCCSCC(=O)NCC(=O)N[C@@H](CCC(=O)O)C(=O)NC1CCC(Oc2ccc([C@@H]3O[C@@H]4C[C@H]5[C@@H]6CCC7=CC(=O)C=C[C@]7(C)[C@H]6[C@@H](O)C[C@]5(C)[C@]4(C(=O)CO)O3)c(F)c2)CC1. The summed E-state index contributed by atoms with van der Waals surface area (Å²) in [6.07, 6.45) is 6.49. The molecule has 0 bridgehead atoms. The van der Waals surface area contributed by atoms with Crippen molar-refractivity contribution in [3.63, 3.8) is 0 Å². The number of fused-ring (bicyclic) bond motifs is 7. The van der Waals surface area contributed by atoms with E-state index in [0.29, 0.717) is 44.9 Å². The van der Waals surface area contributed by atoms with Gasteiger partial charge in [-0.3, -0.25) is 28.8 Å². The lowest BCUT2D eigenvalue weighted by atomic mass is 9.46. The third kappa shape index (κ3) is 9.22. The molecular formula is C46H60FN3O12S. The van der Waals surface area contributed by atoms with E-state index in [4.69, 9.17) is 14.2 Å². The van der Waals surface area contributed by atoms with Crippen LogP contribution < -0.4 is 20.7 Å². The lowest BCUT2D eigenvalue weighted by Gasteiger charge is -2.59. The van der Waals surface area contributed by atoms with E-state index >= 15 is 4.39 Å². The van der Waals surface area contributed by atoms with E-state index in [9.17, 15) is 44.1 Å². The smallest absolute Gasteiger partial charge is 0.303 e. The second-order valence-corrected chi connectivity index (χ2v) is 19.6. The molecule has 0 aromatic heterocycles. The van der Waals surface area contributed by atoms with Crippen molar-refractivity contribution < 1.29 is 62.7 Å². The highest BCUT2D eigenvalue weighted by Gasteiger charge is 2.76. The highest BCUT2D eigenvalue weighted by atomic mass is 32.2. The number of benzene rings is 1. The van der Waals surface area contributed by atoms with Gasteiger partial charge in [-0.15, -0.1) is 0 Å². The Hall–Kier alpha value is -4.16. The standard InChI is InChI=1S/C46H60FN3O12S/c1-4-17-63-24-39(56)48-22-38(55)50-34(13-14-40(57)58)42(59)49-26-6-8-28(9-7-26)60-29-10-12-31(33(47)19-29)43-61-37-20-32-30-11-5-25-18-27(52)15-16-44(25,2)41(30)35(53)21-45(32,3)46(37,62-43)36(54)23-51/h10,12,15-16,18-19,26,28,30,32,34-35,37,41,43,51,53H,4-9,11,13-14,17,20-24H2,1-3H3,(H,48,56)(H,49,59)(H,50,55)(H,57,58)/t26?,28?,30-,32-,34-,35-,37+,41+,43+,44-,45-,46+/m0/s1. The minimum Gasteiger partial charge on any atom is -0.490 e. The molecule has 1 aliphatic heterocycles. The number of carboxylic acid groups (broad SMARTS) is 1. The molecule has 344 valence electrons. The number of allylic oxidation sites excluding steroid dienone is 4. The number of carboxylic acids is 1. The molecular weight excluding hydrogens is 838 g/mol. The molecule has 63 heavy (non-hydrogen) atoms. The molecule has 17 heteroatoms. The Balaban J connectivity index is 0.947. The second kappa shape index (κ2) is 19.1. The van der Waals surface area contributed by atoms with Crippen molar-refractivity contribution in [2.75, 3.05) is 24.7 Å². The van der Waals surface area contributed by atoms with Gasteiger partial charge < -0.3 is 45.5 Å². The van der Waals surface area contributed by atoms with Gasteiger partial charge in [0, 0.05) is 40.8 Å². The Kier molecular flexibility index (Phi) is 14.2. The molecule has 1 aromatic carbocycles. The van der Waals surface area contributed by atoms with Crippen LogP contribution in [-0.4, -0.2) is 111 Å². The van der Waals surface area contributed by atoms with Gasteiger partial charge in [0.2, 0.25) is 17.7 Å². The summed E-state index contributed by atoms with van der Waals surface area (Å²) in [5, 5.41) is 39.4. The number of rotatable bonds is 17. The van der Waals surface area contributed by atoms with Crippen LogP contribution in [0, 0.1) is 34.4 Å². The molecule has 6 N–H and O–H groups in total. The molecule has 5 aliphatic carbocycles. The molecule has 0 radical (unpaired) electrons. The summed E-state index contributed by atoms with van der Waals surface area (Å²) in [6, 6.07) is 2.96. The fourth-order valence-corrected chi connectivity index (χ4v) is 12.5. The van der Waals surface area contributed by atoms with Crippen LogP contribution in [-0.2, 0) is 38.2 Å². The maximum absolute atomic E-state index is 16.0. The Labute approximate surface area is 370 Å². The van der Waals surface area contributed by atoms with Gasteiger partial charge in [0.1, 0.15) is 24.2 Å². The molecule has 10 atom stereocenters. The first-order valence-corrected chi connectivity index (χ1v) is 23.4. The topological polar surface area (TPSA) is 227 Å². The number of halogens is 1. The van der Waals surface area contributed by atoms with E-state index in [2.05, 4.69) is 22.9 Å². The van der Waals surface area contributed by atoms with Crippen molar-refractivity contribution in [3.8, 4) is 5.75 Å². The minimum atomic E-state index is -1.62. The summed E-state index contributed by atoms with van der Waals surface area (Å²) in [4.78, 5) is 75.3. The van der Waals surface area contributed by atoms with Crippen molar-refractivity contribution in [3.05, 3.63) is 53.4 Å². The summed E-state index contributed by atoms with van der Waals surface area (Å²) in [5.74, 6) is -2.90. The number of thioether (sulfide) groups is 1. The fourth-order valence-electron chi connectivity index (χ4n) is 11.7. The first kappa shape index (κ1) is 46.8. The van der Waals surface area contributed by atoms with Gasteiger partial charge in [-0.1, -0.05) is 32.4 Å². The van der Waals surface area contributed by atoms with Gasteiger partial charge in [0.25, 0.3) is 0 Å². The number of carbonyl (C=O) groups is 6. The van der Waals surface area contributed by atoms with Crippen molar-refractivity contribution in [1.29, 1.82) is 0 Å². The number of ether oxygens (including phenoxy) is 3. The number of nitrogens with one attached hydrogen (secondary N) is 3. The summed E-state index contributed by atoms with van der Waals surface area (Å²) in [7, 11) is 0. The maximum atomic E-state index is 16.0. The number of hydrogen-bond acceptors (Lipinski definition) is 12. The zero-order chi connectivity index (χ0) is 45.3. The minimum absolute atomic E-state index is 0.0166. The van der Waals surface area contributed by atoms with Gasteiger partial charge in [-0.05, 0) is 106 Å². The van der Waals surface area contributed by atoms with Crippen LogP contribution in [0.4, 0.5) is 4.39 Å². The van der Waals surface area contributed by atoms with Crippen molar-refractivity contribution >= 4 is 47.0 Å². The average Bonchev–Trinajstić information content (AvgIpc) is 3.74. The lowest BCUT2D eigenvalue weighted by Crippen LogP contribution is -2.63. The molecule has 1 aromatic rings. The zero-order valence-corrected chi connectivity index (χ0v) is 36.9. The van der Waals surface area contributed by atoms with Crippen LogP contribution in [0.5, 0.6) is 5.75 Å². The number of hydrogen-bond donors (Lipinski definition) is 6. The normalized spacial score (nSPS) is 34.6. The fraction of sp³-hybridized carbons (Fsp3) is 0.652. The van der Waals surface area contributed by atoms with E-state index in [1.807, 2.05) is 19.9 Å². The van der Waals surface area contributed by atoms with E-state index < -0.39 is 77.0 Å². The zero-order valence-electron chi connectivity index (χ0n) is 36.1. The third-order valence-electron chi connectivity index (χ3n) is 14.7. The highest BCUT2D eigenvalue weighted by Crippen LogP contribution is 2.70. The highest BCUT2D eigenvalue weighted by molar-refractivity contribution is 7.99. The lowest BCUT2D eigenvalue weighted by molar-refractivity contribution is -0.201. The second-order valence-electron chi connectivity index (χ2n) is 18.5. The molecule has 7 rings (SSSR count). The van der Waals surface area contributed by atoms with Crippen molar-refractivity contribution in [2.24, 2.45) is 28.6 Å². The Morgan fingerprint density at radius 2 is 1.84 bits per heavy atom. The number of aliphatic carboxylic acids is 1. The van der Waals surface area contributed by atoms with Crippen LogP contribution in [0.25, 0.3) is 0 Å². The number of aliphatic hydroxyl groups is 2.